The van der Waals surface area contributed by atoms with Gasteiger partial charge in [0.25, 0.3) is 0 Å². The first-order valence-electron chi connectivity index (χ1n) is 18.9. The van der Waals surface area contributed by atoms with E-state index in [1.807, 2.05) is 13.8 Å². The number of unbranched alkanes of at least 4 members (excludes halogenated alkanes) is 1. The van der Waals surface area contributed by atoms with Crippen LogP contribution in [0.25, 0.3) is 0 Å². The summed E-state index contributed by atoms with van der Waals surface area (Å²) in [4.78, 5) is 0. The first kappa shape index (κ1) is 48.7. The molecule has 0 saturated heterocycles. The number of nitrogens with two attached hydrogens (primary N) is 1. The smallest absolute Gasteiger partial charge is 0.405 e. The maximum atomic E-state index is 13.8. The number of aryl methyl sites for hydroxylation is 1. The molecule has 2 nitrogen and oxygen atoms in total. The minimum atomic E-state index is -4.58. The summed E-state index contributed by atoms with van der Waals surface area (Å²) in [6, 6.07) is 4.39. The zero-order chi connectivity index (χ0) is 40.1. The lowest BCUT2D eigenvalue weighted by molar-refractivity contribution is -0.134. The molecular weight excluding hydrogens is 662 g/mol. The third-order valence-electron chi connectivity index (χ3n) is 9.65. The Kier molecular flexibility index (Phi) is 22.6. The van der Waals surface area contributed by atoms with Gasteiger partial charge in [0.15, 0.2) is 7.28 Å². The Morgan fingerprint density at radius 1 is 0.904 bits per heavy atom. The highest BCUT2D eigenvalue weighted by Gasteiger charge is 2.41. The van der Waals surface area contributed by atoms with E-state index in [1.165, 1.54) is 74.0 Å². The molecule has 0 aliphatic heterocycles. The van der Waals surface area contributed by atoms with Gasteiger partial charge in [0.2, 0.25) is 0 Å². The number of fused-ring (bicyclic) bond motifs is 1. The van der Waals surface area contributed by atoms with E-state index in [4.69, 9.17) is 0 Å². The number of rotatable bonds is 9. The number of anilines is 1. The van der Waals surface area contributed by atoms with Crippen LogP contribution in [0.4, 0.5) is 27.6 Å². The molecule has 0 fully saturated rings. The number of hydrogen-bond donors (Lipinski definition) is 2. The molecule has 8 heteroatoms. The van der Waals surface area contributed by atoms with E-state index in [2.05, 4.69) is 99.0 Å². The van der Waals surface area contributed by atoms with Crippen LogP contribution in [-0.2, 0) is 19.3 Å². The minimum Gasteiger partial charge on any atom is -0.405 e. The molecule has 2 aromatic carbocycles. The van der Waals surface area contributed by atoms with Crippen LogP contribution in [0, 0.1) is 29.4 Å². The molecule has 0 aromatic heterocycles. The molecule has 1 radical (unpaired) electrons. The molecule has 2 aliphatic carbocycles. The molecule has 291 valence electrons. The Labute approximate surface area is 314 Å². The summed E-state index contributed by atoms with van der Waals surface area (Å²) in [7, 11) is 2.49. The molecule has 0 bridgehead atoms. The molecule has 0 amide bonds. The number of alkyl halides is 3. The van der Waals surface area contributed by atoms with E-state index in [9.17, 15) is 22.0 Å². The topological polar surface area (TPSA) is 38.0 Å². The molecule has 0 spiro atoms. The van der Waals surface area contributed by atoms with Crippen molar-refractivity contribution in [3.8, 4) is 0 Å². The second kappa shape index (κ2) is 24.1. The SMILES string of the molecule is C=CCc1c(F)cc(NC(C2=CCCC=C2)C(F)(F)F)cc1F.C=CN.CC.CCCC.Cc1ccc([B]CC(C)(C)C(C)(C)C)c2c1CCCC2. The lowest BCUT2D eigenvalue weighted by Gasteiger charge is -2.39. The predicted molar refractivity (Wildman–Crippen MR) is 218 cm³/mol. The fraction of sp³-hybridized carbons (Fsp3) is 0.545. The van der Waals surface area contributed by atoms with E-state index in [1.54, 1.807) is 17.2 Å². The number of nitrogens with one attached hydrogen (secondary N) is 1. The Morgan fingerprint density at radius 3 is 1.88 bits per heavy atom. The van der Waals surface area contributed by atoms with Gasteiger partial charge in [-0.05, 0) is 97.7 Å². The molecule has 1 atom stereocenters. The van der Waals surface area contributed by atoms with Crippen molar-refractivity contribution in [1.82, 2.24) is 0 Å². The summed E-state index contributed by atoms with van der Waals surface area (Å²) in [6.45, 7) is 29.0. The van der Waals surface area contributed by atoms with Crippen LogP contribution in [0.1, 0.15) is 123 Å². The standard InChI is InChI=1S/C19H30B.C17H16F5N.C4H10.C2H5N.C2H6/c1-14-11-12-17(16-10-8-7-9-15(14)16)20-13-19(5,6)18(2,3)4;1-2-6-13-14(18)9-12(10-15(13)19)23-16(17(20,21)22)11-7-4-3-5-8-11;1-3-4-2;1-2-3;1-2/h11-12H,7-10,13H2,1-6H3;2,4,7-10,16,23H,1,3,5-6H2;3-4H2,1-2H3;2H,1,3H2;1-2H3. The van der Waals surface area contributed by atoms with Crippen molar-refractivity contribution in [2.45, 2.75) is 146 Å². The van der Waals surface area contributed by atoms with Crippen molar-refractivity contribution in [3.63, 3.8) is 0 Å². The van der Waals surface area contributed by atoms with Crippen molar-refractivity contribution < 1.29 is 22.0 Å². The third kappa shape index (κ3) is 16.2. The fourth-order valence-electron chi connectivity index (χ4n) is 5.33. The maximum absolute atomic E-state index is 13.8. The molecule has 2 aliphatic rings. The molecule has 0 saturated carbocycles. The van der Waals surface area contributed by atoms with Gasteiger partial charge in [-0.1, -0.05) is 136 Å². The summed E-state index contributed by atoms with van der Waals surface area (Å²) in [6.07, 6.45) is 12.7. The molecule has 1 unspecified atom stereocenters. The van der Waals surface area contributed by atoms with Gasteiger partial charge in [-0.15, -0.1) is 6.58 Å². The largest absolute Gasteiger partial charge is 0.412 e. The highest BCUT2D eigenvalue weighted by atomic mass is 19.4. The molecule has 52 heavy (non-hydrogen) atoms. The summed E-state index contributed by atoms with van der Waals surface area (Å²) >= 11 is 0. The van der Waals surface area contributed by atoms with Crippen molar-refractivity contribution in [3.05, 3.63) is 107 Å². The normalized spacial score (nSPS) is 14.1. The Hall–Kier alpha value is -3.29. The number of hydrogen-bond acceptors (Lipinski definition) is 2. The number of benzene rings is 2. The second-order valence-corrected chi connectivity index (χ2v) is 14.6. The number of halogens is 5. The van der Waals surface area contributed by atoms with E-state index in [0.29, 0.717) is 23.7 Å². The lowest BCUT2D eigenvalue weighted by Crippen LogP contribution is -2.38. The molecule has 2 aromatic rings. The monoisotopic (exact) mass is 730 g/mol. The van der Waals surface area contributed by atoms with Crippen molar-refractivity contribution in [2.75, 3.05) is 5.32 Å². The van der Waals surface area contributed by atoms with Crippen LogP contribution >= 0.6 is 0 Å². The van der Waals surface area contributed by atoms with Crippen molar-refractivity contribution in [2.24, 2.45) is 16.6 Å². The fourth-order valence-corrected chi connectivity index (χ4v) is 5.33. The van der Waals surface area contributed by atoms with Crippen LogP contribution < -0.4 is 16.5 Å². The number of allylic oxidation sites excluding steroid dienone is 3. The van der Waals surface area contributed by atoms with E-state index in [-0.39, 0.29) is 23.2 Å². The van der Waals surface area contributed by atoms with Crippen LogP contribution in [0.5, 0.6) is 0 Å². The minimum absolute atomic E-state index is 0.0332. The van der Waals surface area contributed by atoms with E-state index in [0.717, 1.165) is 18.5 Å². The van der Waals surface area contributed by atoms with Crippen molar-refractivity contribution >= 4 is 18.4 Å². The first-order chi connectivity index (χ1) is 24.4. The van der Waals surface area contributed by atoms with Crippen LogP contribution in [0.2, 0.25) is 6.32 Å². The highest BCUT2D eigenvalue weighted by molar-refractivity contribution is 6.54. The third-order valence-corrected chi connectivity index (χ3v) is 9.65. The zero-order valence-corrected chi connectivity index (χ0v) is 33.8. The maximum Gasteiger partial charge on any atom is 0.412 e. The van der Waals surface area contributed by atoms with Crippen molar-refractivity contribution in [1.29, 1.82) is 0 Å². The van der Waals surface area contributed by atoms with Gasteiger partial charge in [0, 0.05) is 11.3 Å². The Bertz CT molecular complexity index is 1390. The predicted octanol–water partition coefficient (Wildman–Crippen LogP) is 12.9. The summed E-state index contributed by atoms with van der Waals surface area (Å²) in [5.41, 5.74) is 11.1. The Balaban J connectivity index is 0.000000820. The summed E-state index contributed by atoms with van der Waals surface area (Å²) < 4.78 is 67.5. The Morgan fingerprint density at radius 2 is 1.44 bits per heavy atom. The van der Waals surface area contributed by atoms with Gasteiger partial charge in [0.05, 0.1) is 0 Å². The van der Waals surface area contributed by atoms with Gasteiger partial charge in [-0.2, -0.15) is 13.2 Å². The molecule has 4 rings (SSSR count). The molecule has 0 heterocycles. The van der Waals surface area contributed by atoms with E-state index >= 15 is 0 Å². The first-order valence-corrected chi connectivity index (χ1v) is 18.9. The van der Waals surface area contributed by atoms with Gasteiger partial charge in [-0.25, -0.2) is 8.78 Å². The van der Waals surface area contributed by atoms with Crippen LogP contribution in [-0.4, -0.2) is 19.5 Å². The summed E-state index contributed by atoms with van der Waals surface area (Å²) in [5.74, 6) is -1.80. The van der Waals surface area contributed by atoms with E-state index < -0.39 is 23.9 Å². The highest BCUT2D eigenvalue weighted by Crippen LogP contribution is 2.41. The average Bonchev–Trinajstić information content (AvgIpc) is 3.10. The van der Waals surface area contributed by atoms with Gasteiger partial charge in [0.1, 0.15) is 17.7 Å². The summed E-state index contributed by atoms with van der Waals surface area (Å²) in [5, 5.41) is 2.19. The average molecular weight is 730 g/mol. The van der Waals surface area contributed by atoms with Gasteiger partial charge in [-0.3, -0.25) is 0 Å². The zero-order valence-electron chi connectivity index (χ0n) is 33.8. The lowest BCUT2D eigenvalue weighted by atomic mass is 9.52. The second-order valence-electron chi connectivity index (χ2n) is 14.6. The molecular formula is C44H67BF5N2. The van der Waals surface area contributed by atoms with Crippen LogP contribution in [0.3, 0.4) is 0 Å². The van der Waals surface area contributed by atoms with Crippen LogP contribution in [0.15, 0.2) is 73.5 Å². The van der Waals surface area contributed by atoms with Gasteiger partial charge >= 0.3 is 6.18 Å². The molecule has 3 N–H and O–H groups in total. The van der Waals surface area contributed by atoms with Gasteiger partial charge < -0.3 is 11.1 Å². The quantitative estimate of drug-likeness (QED) is 0.153.